The first-order valence-electron chi connectivity index (χ1n) is 11.4. The van der Waals surface area contributed by atoms with E-state index in [0.717, 1.165) is 19.3 Å². The number of carbonyl (C=O) groups is 1. The van der Waals surface area contributed by atoms with Gasteiger partial charge < -0.3 is 20.1 Å². The van der Waals surface area contributed by atoms with Crippen LogP contribution >= 0.6 is 15.9 Å². The van der Waals surface area contributed by atoms with Gasteiger partial charge in [-0.3, -0.25) is 4.79 Å². The fraction of sp³-hybridized carbons (Fsp3) is 0.640. The third-order valence-electron chi connectivity index (χ3n) is 6.08. The number of hydrogen-bond acceptors (Lipinski definition) is 5. The van der Waals surface area contributed by atoms with Gasteiger partial charge in [-0.2, -0.15) is 0 Å². The number of ether oxygens (including phenoxy) is 1. The molecule has 1 aliphatic rings. The molecule has 0 saturated heterocycles. The molecule has 0 bridgehead atoms. The number of rotatable bonds is 13. The van der Waals surface area contributed by atoms with Gasteiger partial charge in [-0.25, -0.2) is 0 Å². The first kappa shape index (κ1) is 26.0. The average molecular weight is 497 g/mol. The van der Waals surface area contributed by atoms with E-state index in [1.165, 1.54) is 5.56 Å². The quantitative estimate of drug-likeness (QED) is 0.162. The SMILES string of the molecule is CC(Br)OC(=O)CCCC=CC[C@@H]1[C@@H](CCC(O)CCc2ccccc2)[C@H](O)C[C@@H]1O. The van der Waals surface area contributed by atoms with Crippen LogP contribution in [0, 0.1) is 11.8 Å². The summed E-state index contributed by atoms with van der Waals surface area (Å²) in [5.41, 5.74) is 1.22. The second-order valence-corrected chi connectivity index (χ2v) is 9.88. The normalized spacial score (nSPS) is 25.6. The summed E-state index contributed by atoms with van der Waals surface area (Å²) in [6.07, 6.45) is 8.53. The molecule has 0 heterocycles. The van der Waals surface area contributed by atoms with Crippen LogP contribution in [-0.2, 0) is 16.0 Å². The lowest BCUT2D eigenvalue weighted by atomic mass is 9.85. The first-order valence-corrected chi connectivity index (χ1v) is 12.3. The minimum absolute atomic E-state index is 0.00131. The summed E-state index contributed by atoms with van der Waals surface area (Å²) in [5.74, 6) is -0.203. The number of aryl methyl sites for hydroxylation is 1. The van der Waals surface area contributed by atoms with E-state index >= 15 is 0 Å². The number of hydrogen-bond donors (Lipinski definition) is 3. The van der Waals surface area contributed by atoms with Crippen molar-refractivity contribution in [1.82, 2.24) is 0 Å². The van der Waals surface area contributed by atoms with Crippen molar-refractivity contribution in [2.24, 2.45) is 11.8 Å². The highest BCUT2D eigenvalue weighted by atomic mass is 79.9. The zero-order chi connectivity index (χ0) is 22.6. The molecule has 1 saturated carbocycles. The molecule has 1 aromatic carbocycles. The molecular formula is C25H37BrO5. The van der Waals surface area contributed by atoms with Crippen molar-refractivity contribution < 1.29 is 24.9 Å². The number of unbranched alkanes of at least 4 members (excludes halogenated alkanes) is 1. The van der Waals surface area contributed by atoms with E-state index < -0.39 is 18.3 Å². The highest BCUT2D eigenvalue weighted by Gasteiger charge is 2.40. The van der Waals surface area contributed by atoms with Crippen molar-refractivity contribution in [1.29, 1.82) is 0 Å². The van der Waals surface area contributed by atoms with Crippen molar-refractivity contribution in [3.63, 3.8) is 0 Å². The molecule has 0 radical (unpaired) electrons. The zero-order valence-electron chi connectivity index (χ0n) is 18.4. The number of carbonyl (C=O) groups excluding carboxylic acids is 1. The van der Waals surface area contributed by atoms with E-state index in [2.05, 4.69) is 28.1 Å². The van der Waals surface area contributed by atoms with Crippen LogP contribution in [0.3, 0.4) is 0 Å². The zero-order valence-corrected chi connectivity index (χ0v) is 20.0. The summed E-state index contributed by atoms with van der Waals surface area (Å²) >= 11 is 3.19. The summed E-state index contributed by atoms with van der Waals surface area (Å²) in [5, 5.41) is 30.9. The molecular weight excluding hydrogens is 460 g/mol. The third kappa shape index (κ3) is 9.85. The number of allylic oxidation sites excluding steroid dienone is 2. The number of halogens is 1. The molecule has 2 unspecified atom stereocenters. The van der Waals surface area contributed by atoms with Crippen molar-refractivity contribution >= 4 is 21.9 Å². The summed E-state index contributed by atoms with van der Waals surface area (Å²) in [6.45, 7) is 1.76. The minimum Gasteiger partial charge on any atom is -0.451 e. The maximum Gasteiger partial charge on any atom is 0.306 e. The van der Waals surface area contributed by atoms with Crippen LogP contribution in [0.2, 0.25) is 0 Å². The summed E-state index contributed by atoms with van der Waals surface area (Å²) in [4.78, 5) is 11.5. The molecule has 1 aromatic rings. The fourth-order valence-electron chi connectivity index (χ4n) is 4.39. The Morgan fingerprint density at radius 2 is 1.87 bits per heavy atom. The van der Waals surface area contributed by atoms with E-state index in [1.54, 1.807) is 6.92 Å². The standard InChI is InChI=1S/C25H37BrO5/c1-18(26)31-25(30)12-8-3-2-7-11-21-22(24(29)17-23(21)28)16-15-20(27)14-13-19-9-5-4-6-10-19/h2,4-7,9-10,18,20-24,27-29H,3,8,11-17H2,1H3/t18?,20?,21-,22-,23+,24-/m1/s1. The van der Waals surface area contributed by atoms with Gasteiger partial charge in [0.1, 0.15) is 0 Å². The van der Waals surface area contributed by atoms with Gasteiger partial charge in [0, 0.05) is 6.42 Å². The third-order valence-corrected chi connectivity index (χ3v) is 6.27. The van der Waals surface area contributed by atoms with Crippen molar-refractivity contribution in [3.05, 3.63) is 48.0 Å². The Balaban J connectivity index is 1.70. The van der Waals surface area contributed by atoms with Crippen LogP contribution in [0.4, 0.5) is 0 Å². The lowest BCUT2D eigenvalue weighted by Gasteiger charge is -2.23. The topological polar surface area (TPSA) is 87.0 Å². The molecule has 0 aromatic heterocycles. The Bertz CT molecular complexity index is 663. The molecule has 3 N–H and O–H groups in total. The van der Waals surface area contributed by atoms with Gasteiger partial charge in [-0.05, 0) is 91.6 Å². The minimum atomic E-state index is -0.518. The number of esters is 1. The molecule has 0 amide bonds. The van der Waals surface area contributed by atoms with E-state index in [-0.39, 0.29) is 22.8 Å². The van der Waals surface area contributed by atoms with Gasteiger partial charge in [-0.1, -0.05) is 42.5 Å². The van der Waals surface area contributed by atoms with Gasteiger partial charge in [0.25, 0.3) is 0 Å². The second kappa shape index (κ2) is 14.0. The van der Waals surface area contributed by atoms with Gasteiger partial charge in [0.05, 0.1) is 18.3 Å². The molecule has 174 valence electrons. The molecule has 0 spiro atoms. The van der Waals surface area contributed by atoms with E-state index in [0.29, 0.717) is 38.5 Å². The van der Waals surface area contributed by atoms with Crippen LogP contribution in [-0.4, -0.2) is 44.6 Å². The Labute approximate surface area is 194 Å². The van der Waals surface area contributed by atoms with E-state index in [4.69, 9.17) is 4.74 Å². The number of aliphatic hydroxyl groups excluding tert-OH is 3. The molecule has 1 aliphatic carbocycles. The number of benzene rings is 1. The van der Waals surface area contributed by atoms with Crippen molar-refractivity contribution in [2.45, 2.75) is 88.0 Å². The molecule has 6 atom stereocenters. The number of aliphatic hydroxyl groups is 3. The Hall–Kier alpha value is -1.21. The fourth-order valence-corrected chi connectivity index (χ4v) is 4.60. The smallest absolute Gasteiger partial charge is 0.306 e. The molecule has 2 rings (SSSR count). The van der Waals surface area contributed by atoms with Gasteiger partial charge in [0.2, 0.25) is 0 Å². The monoisotopic (exact) mass is 496 g/mol. The van der Waals surface area contributed by atoms with Gasteiger partial charge in [0.15, 0.2) is 5.01 Å². The summed E-state index contributed by atoms with van der Waals surface area (Å²) in [7, 11) is 0. The highest BCUT2D eigenvalue weighted by molar-refractivity contribution is 9.09. The lowest BCUT2D eigenvalue weighted by molar-refractivity contribution is -0.144. The Kier molecular flexibility index (Phi) is 11.8. The largest absolute Gasteiger partial charge is 0.451 e. The van der Waals surface area contributed by atoms with E-state index in [1.807, 2.05) is 30.4 Å². The van der Waals surface area contributed by atoms with Gasteiger partial charge in [-0.15, -0.1) is 0 Å². The summed E-state index contributed by atoms with van der Waals surface area (Å²) in [6, 6.07) is 10.1. The predicted molar refractivity (Wildman–Crippen MR) is 126 cm³/mol. The predicted octanol–water partition coefficient (Wildman–Crippen LogP) is 4.52. The molecule has 6 heteroatoms. The maximum absolute atomic E-state index is 11.5. The molecule has 0 aliphatic heterocycles. The van der Waals surface area contributed by atoms with Gasteiger partial charge >= 0.3 is 5.97 Å². The molecule has 1 fully saturated rings. The van der Waals surface area contributed by atoms with Crippen molar-refractivity contribution in [3.8, 4) is 0 Å². The second-order valence-electron chi connectivity index (χ2n) is 8.59. The maximum atomic E-state index is 11.5. The summed E-state index contributed by atoms with van der Waals surface area (Å²) < 4.78 is 5.04. The first-order chi connectivity index (χ1) is 14.9. The average Bonchev–Trinajstić information content (AvgIpc) is 3.00. The Morgan fingerprint density at radius 1 is 1.16 bits per heavy atom. The number of alkyl halides is 1. The Morgan fingerprint density at radius 3 is 2.58 bits per heavy atom. The van der Waals surface area contributed by atoms with Crippen molar-refractivity contribution in [2.75, 3.05) is 0 Å². The van der Waals surface area contributed by atoms with Crippen LogP contribution < -0.4 is 0 Å². The lowest BCUT2D eigenvalue weighted by Crippen LogP contribution is -2.23. The molecule has 31 heavy (non-hydrogen) atoms. The van der Waals surface area contributed by atoms with Crippen LogP contribution in [0.15, 0.2) is 42.5 Å². The van der Waals surface area contributed by atoms with Crippen LogP contribution in [0.1, 0.15) is 63.9 Å². The van der Waals surface area contributed by atoms with E-state index in [9.17, 15) is 20.1 Å². The van der Waals surface area contributed by atoms with Crippen LogP contribution in [0.5, 0.6) is 0 Å². The highest BCUT2D eigenvalue weighted by Crippen LogP contribution is 2.38. The molecule has 5 nitrogen and oxygen atoms in total. The van der Waals surface area contributed by atoms with Crippen LogP contribution in [0.25, 0.3) is 0 Å².